The molecule has 1 N–H and O–H groups in total. The van der Waals surface area contributed by atoms with E-state index in [2.05, 4.69) is 5.32 Å². The molecule has 0 radical (unpaired) electrons. The van der Waals surface area contributed by atoms with Crippen LogP contribution >= 0.6 is 11.8 Å². The van der Waals surface area contributed by atoms with Gasteiger partial charge in [-0.15, -0.1) is 11.8 Å². The summed E-state index contributed by atoms with van der Waals surface area (Å²) >= 11 is 1.21. The molecule has 8 heteroatoms. The van der Waals surface area contributed by atoms with E-state index in [-0.39, 0.29) is 30.0 Å². The van der Waals surface area contributed by atoms with Crippen molar-refractivity contribution in [3.63, 3.8) is 0 Å². The Balaban J connectivity index is 1.50. The summed E-state index contributed by atoms with van der Waals surface area (Å²) < 4.78 is 13.5. The van der Waals surface area contributed by atoms with Crippen molar-refractivity contribution in [1.29, 1.82) is 0 Å². The summed E-state index contributed by atoms with van der Waals surface area (Å²) in [7, 11) is 0. The number of rotatable bonds is 4. The molecular formula is C25H20FN3O3S. The van der Waals surface area contributed by atoms with Crippen LogP contribution in [0.3, 0.4) is 0 Å². The quantitative estimate of drug-likeness (QED) is 0.637. The molecule has 0 unspecified atom stereocenters. The van der Waals surface area contributed by atoms with E-state index in [9.17, 15) is 18.8 Å². The Hall–Kier alpha value is -3.65. The zero-order valence-electron chi connectivity index (χ0n) is 17.7. The standard InChI is InChI=1S/C25H20FN3O3S/c1-16-6-10-18(11-7-16)27-22(30)14-28-21-5-3-2-4-20(21)25(24(28)32)29(23(31)15-33-25)19-12-8-17(26)9-13-19/h2-13H,14-15H2,1H3,(H,27,30)/t25-/m1/s1. The number of fused-ring (bicyclic) bond motifs is 2. The van der Waals surface area contributed by atoms with Gasteiger partial charge in [0, 0.05) is 16.9 Å². The van der Waals surface area contributed by atoms with Gasteiger partial charge in [0.25, 0.3) is 5.91 Å². The molecule has 33 heavy (non-hydrogen) atoms. The van der Waals surface area contributed by atoms with Gasteiger partial charge in [-0.05, 0) is 49.4 Å². The topological polar surface area (TPSA) is 69.7 Å². The van der Waals surface area contributed by atoms with Gasteiger partial charge in [0.1, 0.15) is 12.4 Å². The molecule has 3 aromatic rings. The van der Waals surface area contributed by atoms with Crippen molar-refractivity contribution < 1.29 is 18.8 Å². The lowest BCUT2D eigenvalue weighted by atomic mass is 10.0. The van der Waals surface area contributed by atoms with E-state index in [4.69, 9.17) is 0 Å². The van der Waals surface area contributed by atoms with Crippen LogP contribution in [0, 0.1) is 12.7 Å². The number of hydrogen-bond acceptors (Lipinski definition) is 4. The normalized spacial score (nSPS) is 19.3. The minimum absolute atomic E-state index is 0.0981. The minimum Gasteiger partial charge on any atom is -0.325 e. The number of anilines is 3. The fourth-order valence-electron chi connectivity index (χ4n) is 4.28. The minimum atomic E-state index is -1.34. The highest BCUT2D eigenvalue weighted by Gasteiger charge is 2.61. The summed E-state index contributed by atoms with van der Waals surface area (Å²) in [5.74, 6) is -1.30. The monoisotopic (exact) mass is 461 g/mol. The van der Waals surface area contributed by atoms with Crippen molar-refractivity contribution in [2.24, 2.45) is 0 Å². The van der Waals surface area contributed by atoms with Gasteiger partial charge in [0.15, 0.2) is 0 Å². The number of nitrogens with zero attached hydrogens (tertiary/aromatic N) is 2. The largest absolute Gasteiger partial charge is 0.325 e. The van der Waals surface area contributed by atoms with Gasteiger partial charge in [-0.1, -0.05) is 35.9 Å². The number of benzene rings is 3. The Morgan fingerprint density at radius 2 is 1.73 bits per heavy atom. The SMILES string of the molecule is Cc1ccc(NC(=O)CN2C(=O)[C@]3(SCC(=O)N3c3ccc(F)cc3)c3ccccc32)cc1. The van der Waals surface area contributed by atoms with Gasteiger partial charge in [0.2, 0.25) is 16.7 Å². The lowest BCUT2D eigenvalue weighted by molar-refractivity contribution is -0.124. The van der Waals surface area contributed by atoms with Crippen LogP contribution in [-0.2, 0) is 19.3 Å². The summed E-state index contributed by atoms with van der Waals surface area (Å²) in [6.45, 7) is 1.76. The molecule has 0 saturated carbocycles. The number of aryl methyl sites for hydroxylation is 1. The first-order chi connectivity index (χ1) is 15.9. The predicted molar refractivity (Wildman–Crippen MR) is 127 cm³/mol. The zero-order valence-corrected chi connectivity index (χ0v) is 18.6. The maximum atomic E-state index is 13.9. The van der Waals surface area contributed by atoms with E-state index in [1.165, 1.54) is 45.8 Å². The Labute approximate surface area is 194 Å². The highest BCUT2D eigenvalue weighted by Crippen LogP contribution is 2.55. The summed E-state index contributed by atoms with van der Waals surface area (Å²) in [5.41, 5.74) is 3.36. The van der Waals surface area contributed by atoms with Gasteiger partial charge in [-0.3, -0.25) is 24.2 Å². The van der Waals surface area contributed by atoms with Crippen molar-refractivity contribution in [1.82, 2.24) is 0 Å². The first kappa shape index (κ1) is 21.2. The lowest BCUT2D eigenvalue weighted by Gasteiger charge is -2.33. The number of carbonyl (C=O) groups excluding carboxylic acids is 3. The number of amides is 3. The average molecular weight is 462 g/mol. The Morgan fingerprint density at radius 1 is 1.03 bits per heavy atom. The molecule has 1 saturated heterocycles. The van der Waals surface area contributed by atoms with Crippen molar-refractivity contribution in [2.75, 3.05) is 27.4 Å². The summed E-state index contributed by atoms with van der Waals surface area (Å²) in [6, 6.07) is 20.1. The third-order valence-electron chi connectivity index (χ3n) is 5.79. The fourth-order valence-corrected chi connectivity index (χ4v) is 5.64. The maximum absolute atomic E-state index is 13.9. The second kappa shape index (κ2) is 8.04. The number of carbonyl (C=O) groups is 3. The third-order valence-corrected chi connectivity index (χ3v) is 7.17. The van der Waals surface area contributed by atoms with Gasteiger partial charge >= 0.3 is 0 Å². The van der Waals surface area contributed by atoms with Gasteiger partial charge in [-0.2, -0.15) is 0 Å². The van der Waals surface area contributed by atoms with Crippen LogP contribution in [0.5, 0.6) is 0 Å². The first-order valence-corrected chi connectivity index (χ1v) is 11.4. The molecule has 2 aliphatic heterocycles. The predicted octanol–water partition coefficient (Wildman–Crippen LogP) is 4.05. The smallest absolute Gasteiger partial charge is 0.269 e. The molecule has 1 fully saturated rings. The van der Waals surface area contributed by atoms with E-state index >= 15 is 0 Å². The molecule has 0 bridgehead atoms. The Kier molecular flexibility index (Phi) is 5.17. The molecule has 3 amide bonds. The van der Waals surface area contributed by atoms with Gasteiger partial charge in [-0.25, -0.2) is 4.39 Å². The molecule has 2 aliphatic rings. The summed E-state index contributed by atoms with van der Waals surface area (Å²) in [5, 5.41) is 2.82. The van der Waals surface area contributed by atoms with Crippen LogP contribution in [0.25, 0.3) is 0 Å². The highest BCUT2D eigenvalue weighted by molar-refractivity contribution is 8.02. The van der Waals surface area contributed by atoms with E-state index in [1.807, 2.05) is 19.1 Å². The molecule has 166 valence electrons. The van der Waals surface area contributed by atoms with Crippen LogP contribution in [0.4, 0.5) is 21.5 Å². The third kappa shape index (κ3) is 3.47. The maximum Gasteiger partial charge on any atom is 0.269 e. The number of nitrogens with one attached hydrogen (secondary N) is 1. The number of hydrogen-bond donors (Lipinski definition) is 1. The molecule has 5 rings (SSSR count). The van der Waals surface area contributed by atoms with Gasteiger partial charge < -0.3 is 5.32 Å². The second-order valence-electron chi connectivity index (χ2n) is 7.96. The number of para-hydroxylation sites is 1. The van der Waals surface area contributed by atoms with Crippen molar-refractivity contribution in [2.45, 2.75) is 11.8 Å². The Morgan fingerprint density at radius 3 is 2.45 bits per heavy atom. The summed E-state index contributed by atoms with van der Waals surface area (Å²) in [4.78, 5) is 41.1. The van der Waals surface area contributed by atoms with Crippen molar-refractivity contribution in [3.05, 3.63) is 89.7 Å². The number of halogens is 1. The van der Waals surface area contributed by atoms with Crippen molar-refractivity contribution in [3.8, 4) is 0 Å². The van der Waals surface area contributed by atoms with Crippen LogP contribution in [0.1, 0.15) is 11.1 Å². The molecule has 2 heterocycles. The molecule has 0 aliphatic carbocycles. The fraction of sp³-hybridized carbons (Fsp3) is 0.160. The van der Waals surface area contributed by atoms with E-state index in [0.717, 1.165) is 5.56 Å². The molecule has 0 aromatic heterocycles. The zero-order chi connectivity index (χ0) is 23.2. The van der Waals surface area contributed by atoms with E-state index in [1.54, 1.807) is 36.4 Å². The van der Waals surface area contributed by atoms with Crippen LogP contribution in [0.2, 0.25) is 0 Å². The van der Waals surface area contributed by atoms with E-state index < -0.39 is 10.7 Å². The highest BCUT2D eigenvalue weighted by atomic mass is 32.2. The Bertz CT molecular complexity index is 1260. The second-order valence-corrected chi connectivity index (χ2v) is 9.13. The van der Waals surface area contributed by atoms with Gasteiger partial charge in [0.05, 0.1) is 11.4 Å². The average Bonchev–Trinajstić information content (AvgIpc) is 3.27. The molecule has 1 atom stereocenters. The van der Waals surface area contributed by atoms with E-state index in [0.29, 0.717) is 22.6 Å². The lowest BCUT2D eigenvalue weighted by Crippen LogP contribution is -2.50. The summed E-state index contributed by atoms with van der Waals surface area (Å²) in [6.07, 6.45) is 0. The molecule has 3 aromatic carbocycles. The molecule has 1 spiro atoms. The molecule has 6 nitrogen and oxygen atoms in total. The first-order valence-electron chi connectivity index (χ1n) is 10.4. The number of thioether (sulfide) groups is 1. The molecular weight excluding hydrogens is 441 g/mol. The van der Waals surface area contributed by atoms with Crippen LogP contribution in [-0.4, -0.2) is 30.0 Å². The van der Waals surface area contributed by atoms with Crippen molar-refractivity contribution >= 4 is 46.5 Å². The van der Waals surface area contributed by atoms with Crippen LogP contribution < -0.4 is 15.1 Å². The van der Waals surface area contributed by atoms with Crippen LogP contribution in [0.15, 0.2) is 72.8 Å².